The average molecular weight is 289 g/mol. The predicted octanol–water partition coefficient (Wildman–Crippen LogP) is 1.89. The van der Waals surface area contributed by atoms with Crippen LogP contribution in [0.15, 0.2) is 24.5 Å². The number of hydrogen-bond acceptors (Lipinski definition) is 4. The third-order valence-electron chi connectivity index (χ3n) is 5.00. The summed E-state index contributed by atoms with van der Waals surface area (Å²) in [5, 5.41) is 9.40. The van der Waals surface area contributed by atoms with E-state index in [1.54, 1.807) is 0 Å². The molecule has 1 aromatic rings. The highest BCUT2D eigenvalue weighted by atomic mass is 16.3. The van der Waals surface area contributed by atoms with Gasteiger partial charge in [-0.15, -0.1) is 0 Å². The zero-order chi connectivity index (χ0) is 14.5. The van der Waals surface area contributed by atoms with Crippen LogP contribution in [0.3, 0.4) is 0 Å². The normalized spacial score (nSPS) is 25.5. The van der Waals surface area contributed by atoms with Gasteiger partial charge < -0.3 is 5.11 Å². The Kier molecular flexibility index (Phi) is 5.22. The first-order valence-electron chi connectivity index (χ1n) is 8.34. The van der Waals surface area contributed by atoms with Gasteiger partial charge in [0.1, 0.15) is 0 Å². The standard InChI is InChI=1S/C17H27N3O/c21-11-7-17-14-19(13-15-4-3-8-18-12-15)9-10-20(17)16-5-1-2-6-16/h3-4,8,12,16-17,21H,1-2,5-7,9-11,13-14H2/t17-/m0/s1. The number of rotatable bonds is 5. The minimum Gasteiger partial charge on any atom is -0.396 e. The van der Waals surface area contributed by atoms with Gasteiger partial charge >= 0.3 is 0 Å². The minimum atomic E-state index is 0.300. The van der Waals surface area contributed by atoms with Crippen molar-refractivity contribution in [1.29, 1.82) is 0 Å². The monoisotopic (exact) mass is 289 g/mol. The first kappa shape index (κ1) is 14.9. The largest absolute Gasteiger partial charge is 0.396 e. The zero-order valence-corrected chi connectivity index (χ0v) is 12.8. The number of aliphatic hydroxyl groups is 1. The number of hydrogen-bond donors (Lipinski definition) is 1. The summed E-state index contributed by atoms with van der Waals surface area (Å²) in [5.74, 6) is 0. The molecule has 1 aliphatic heterocycles. The molecule has 0 aromatic carbocycles. The van der Waals surface area contributed by atoms with Crippen LogP contribution in [0, 0.1) is 0 Å². The summed E-state index contributed by atoms with van der Waals surface area (Å²) in [7, 11) is 0. The molecule has 1 saturated carbocycles. The Bertz CT molecular complexity index is 419. The number of pyridine rings is 1. The Morgan fingerprint density at radius 2 is 2.10 bits per heavy atom. The summed E-state index contributed by atoms with van der Waals surface area (Å²) >= 11 is 0. The fourth-order valence-electron chi connectivity index (χ4n) is 3.95. The number of aromatic nitrogens is 1. The molecule has 1 atom stereocenters. The molecular weight excluding hydrogens is 262 g/mol. The molecule has 2 fully saturated rings. The summed E-state index contributed by atoms with van der Waals surface area (Å²) in [6.45, 7) is 4.64. The smallest absolute Gasteiger partial charge is 0.0446 e. The molecule has 2 aliphatic rings. The fraction of sp³-hybridized carbons (Fsp3) is 0.706. The summed E-state index contributed by atoms with van der Waals surface area (Å²) in [4.78, 5) is 9.41. The van der Waals surface area contributed by atoms with E-state index in [0.717, 1.165) is 38.6 Å². The quantitative estimate of drug-likeness (QED) is 0.898. The first-order valence-corrected chi connectivity index (χ1v) is 8.34. The van der Waals surface area contributed by atoms with Gasteiger partial charge in [0.25, 0.3) is 0 Å². The molecule has 0 amide bonds. The summed E-state index contributed by atoms with van der Waals surface area (Å²) in [5.41, 5.74) is 1.29. The molecule has 116 valence electrons. The van der Waals surface area contributed by atoms with Crippen molar-refractivity contribution >= 4 is 0 Å². The molecule has 1 aliphatic carbocycles. The molecule has 1 aromatic heterocycles. The lowest BCUT2D eigenvalue weighted by molar-refractivity contribution is 0.0267. The van der Waals surface area contributed by atoms with Gasteiger partial charge in [-0.3, -0.25) is 14.8 Å². The lowest BCUT2D eigenvalue weighted by Crippen LogP contribution is -2.56. The topological polar surface area (TPSA) is 39.6 Å². The van der Waals surface area contributed by atoms with Crippen molar-refractivity contribution in [2.45, 2.75) is 50.7 Å². The maximum absolute atomic E-state index is 9.40. The first-order chi connectivity index (χ1) is 10.4. The lowest BCUT2D eigenvalue weighted by atomic mass is 10.0. The van der Waals surface area contributed by atoms with Crippen molar-refractivity contribution < 1.29 is 5.11 Å². The second-order valence-corrected chi connectivity index (χ2v) is 6.44. The predicted molar refractivity (Wildman–Crippen MR) is 84.0 cm³/mol. The Morgan fingerprint density at radius 1 is 1.24 bits per heavy atom. The van der Waals surface area contributed by atoms with Crippen LogP contribution in [0.4, 0.5) is 0 Å². The Labute approximate surface area is 127 Å². The van der Waals surface area contributed by atoms with Gasteiger partial charge in [-0.2, -0.15) is 0 Å². The highest BCUT2D eigenvalue weighted by Gasteiger charge is 2.32. The molecular formula is C17H27N3O. The van der Waals surface area contributed by atoms with Crippen LogP contribution in [-0.4, -0.2) is 58.2 Å². The van der Waals surface area contributed by atoms with Crippen molar-refractivity contribution in [3.8, 4) is 0 Å². The van der Waals surface area contributed by atoms with E-state index < -0.39 is 0 Å². The number of piperazine rings is 1. The molecule has 21 heavy (non-hydrogen) atoms. The van der Waals surface area contributed by atoms with Gasteiger partial charge in [-0.1, -0.05) is 18.9 Å². The molecule has 3 rings (SSSR count). The van der Waals surface area contributed by atoms with E-state index in [-0.39, 0.29) is 0 Å². The highest BCUT2D eigenvalue weighted by molar-refractivity contribution is 5.08. The van der Waals surface area contributed by atoms with E-state index in [1.165, 1.54) is 31.2 Å². The third kappa shape index (κ3) is 3.82. The van der Waals surface area contributed by atoms with E-state index in [2.05, 4.69) is 20.9 Å². The fourth-order valence-corrected chi connectivity index (χ4v) is 3.95. The molecule has 4 nitrogen and oxygen atoms in total. The van der Waals surface area contributed by atoms with Gasteiger partial charge in [-0.25, -0.2) is 0 Å². The van der Waals surface area contributed by atoms with E-state index >= 15 is 0 Å². The van der Waals surface area contributed by atoms with Crippen LogP contribution in [0.1, 0.15) is 37.7 Å². The van der Waals surface area contributed by atoms with Crippen molar-refractivity contribution in [2.24, 2.45) is 0 Å². The lowest BCUT2D eigenvalue weighted by Gasteiger charge is -2.44. The van der Waals surface area contributed by atoms with E-state index in [9.17, 15) is 5.11 Å². The Balaban J connectivity index is 1.60. The van der Waals surface area contributed by atoms with Crippen molar-refractivity contribution in [1.82, 2.24) is 14.8 Å². The molecule has 0 unspecified atom stereocenters. The van der Waals surface area contributed by atoms with Gasteiger partial charge in [0.2, 0.25) is 0 Å². The summed E-state index contributed by atoms with van der Waals surface area (Å²) < 4.78 is 0. The average Bonchev–Trinajstić information content (AvgIpc) is 3.03. The molecule has 4 heteroatoms. The van der Waals surface area contributed by atoms with Crippen LogP contribution in [-0.2, 0) is 6.54 Å². The van der Waals surface area contributed by atoms with Crippen LogP contribution in [0.5, 0.6) is 0 Å². The molecule has 1 N–H and O–H groups in total. The van der Waals surface area contributed by atoms with Crippen LogP contribution in [0.2, 0.25) is 0 Å². The second kappa shape index (κ2) is 7.34. The Hall–Kier alpha value is -0.970. The van der Waals surface area contributed by atoms with E-state index in [0.29, 0.717) is 12.6 Å². The number of aliphatic hydroxyl groups excluding tert-OH is 1. The zero-order valence-electron chi connectivity index (χ0n) is 12.8. The molecule has 1 saturated heterocycles. The van der Waals surface area contributed by atoms with Gasteiger partial charge in [-0.05, 0) is 30.9 Å². The van der Waals surface area contributed by atoms with Crippen LogP contribution < -0.4 is 0 Å². The number of nitrogens with zero attached hydrogens (tertiary/aromatic N) is 3. The molecule has 0 radical (unpaired) electrons. The van der Waals surface area contributed by atoms with Gasteiger partial charge in [0.05, 0.1) is 0 Å². The SMILES string of the molecule is OCC[C@H]1CN(Cc2cccnc2)CCN1C1CCCC1. The van der Waals surface area contributed by atoms with Crippen molar-refractivity contribution in [2.75, 3.05) is 26.2 Å². The van der Waals surface area contributed by atoms with Crippen LogP contribution in [0.25, 0.3) is 0 Å². The van der Waals surface area contributed by atoms with Crippen molar-refractivity contribution in [3.63, 3.8) is 0 Å². The Morgan fingerprint density at radius 3 is 2.81 bits per heavy atom. The second-order valence-electron chi connectivity index (χ2n) is 6.44. The van der Waals surface area contributed by atoms with E-state index in [1.807, 2.05) is 18.5 Å². The molecule has 0 spiro atoms. The van der Waals surface area contributed by atoms with Crippen LogP contribution >= 0.6 is 0 Å². The summed E-state index contributed by atoms with van der Waals surface area (Å²) in [6.07, 6.45) is 10.2. The molecule has 0 bridgehead atoms. The molecule has 2 heterocycles. The maximum atomic E-state index is 9.40. The van der Waals surface area contributed by atoms with Gasteiger partial charge in [0, 0.05) is 57.3 Å². The van der Waals surface area contributed by atoms with Gasteiger partial charge in [0.15, 0.2) is 0 Å². The minimum absolute atomic E-state index is 0.300. The highest BCUT2D eigenvalue weighted by Crippen LogP contribution is 2.28. The van der Waals surface area contributed by atoms with Crippen molar-refractivity contribution in [3.05, 3.63) is 30.1 Å². The summed E-state index contributed by atoms with van der Waals surface area (Å²) in [6, 6.07) is 5.44. The van der Waals surface area contributed by atoms with E-state index in [4.69, 9.17) is 0 Å². The maximum Gasteiger partial charge on any atom is 0.0446 e. The third-order valence-corrected chi connectivity index (χ3v) is 5.00.